The van der Waals surface area contributed by atoms with E-state index in [1.54, 1.807) is 24.3 Å². The van der Waals surface area contributed by atoms with Crippen molar-refractivity contribution in [3.05, 3.63) is 113 Å². The number of fused-ring (bicyclic) bond motifs is 1. The number of amides is 4. The molecule has 11 nitrogen and oxygen atoms in total. The zero-order chi connectivity index (χ0) is 33.1. The largest absolute Gasteiger partial charge is 0.448 e. The summed E-state index contributed by atoms with van der Waals surface area (Å²) in [6.45, 7) is 1.63. The number of nitrogens with one attached hydrogen (secondary N) is 2. The second kappa shape index (κ2) is 13.4. The maximum absolute atomic E-state index is 13.9. The van der Waals surface area contributed by atoms with Crippen LogP contribution >= 0.6 is 11.8 Å². The molecule has 4 N–H and O–H groups in total. The van der Waals surface area contributed by atoms with Gasteiger partial charge in [0.05, 0.1) is 5.41 Å². The molecule has 3 aromatic rings. The Labute approximate surface area is 275 Å². The standard InChI is InChI=1S/C35H34N4O7S/c1-2-35(18-17-26(40)38-33(35)43)24-13-15-25(16-14-24)37-34(44)45-19-23-20-47-31-27(36)30(41)39(31)28(23)32(42)46-29(21-9-5-3-6-10-21)22-11-7-4-8-12-22/h3-16,27,29,31H,2,17-20,36H2,1H3,(H,37,44)(H,38,40,43)/t27-,31-,35-/m1/s1. The number of carbonyl (C=O) groups is 5. The minimum absolute atomic E-state index is 0.0311. The van der Waals surface area contributed by atoms with E-state index < -0.39 is 40.9 Å². The highest BCUT2D eigenvalue weighted by atomic mass is 32.2. The summed E-state index contributed by atoms with van der Waals surface area (Å²) in [6, 6.07) is 24.7. The van der Waals surface area contributed by atoms with Gasteiger partial charge in [-0.25, -0.2) is 9.59 Å². The number of rotatable bonds is 9. The summed E-state index contributed by atoms with van der Waals surface area (Å²) < 4.78 is 11.6. The van der Waals surface area contributed by atoms with Crippen LogP contribution in [0, 0.1) is 0 Å². The van der Waals surface area contributed by atoms with E-state index in [1.807, 2.05) is 67.6 Å². The highest BCUT2D eigenvalue weighted by Gasteiger charge is 2.52. The molecule has 2 saturated heterocycles. The topological polar surface area (TPSA) is 157 Å². The molecule has 6 rings (SSSR count). The molecule has 3 aromatic carbocycles. The Kier molecular flexibility index (Phi) is 9.15. The zero-order valence-corrected chi connectivity index (χ0v) is 26.5. The first-order chi connectivity index (χ1) is 22.7. The van der Waals surface area contributed by atoms with Gasteiger partial charge in [-0.05, 0) is 41.7 Å². The van der Waals surface area contributed by atoms with Crippen molar-refractivity contribution in [2.24, 2.45) is 5.73 Å². The van der Waals surface area contributed by atoms with E-state index in [0.717, 1.165) is 16.7 Å². The Morgan fingerprint density at radius 1 is 1.00 bits per heavy atom. The van der Waals surface area contributed by atoms with Crippen LogP contribution in [-0.4, -0.2) is 58.5 Å². The van der Waals surface area contributed by atoms with Crippen molar-refractivity contribution in [3.8, 4) is 0 Å². The van der Waals surface area contributed by atoms with Crippen LogP contribution in [0.25, 0.3) is 0 Å². The SMILES string of the molecule is CC[C@]1(c2ccc(NC(=O)OCC3=C(C(=O)OC(c4ccccc4)c4ccccc4)N4C(=O)[C@@H](N)[C@H]4SC3)cc2)CCC(=O)NC1=O. The summed E-state index contributed by atoms with van der Waals surface area (Å²) in [7, 11) is 0. The first-order valence-electron chi connectivity index (χ1n) is 15.3. The highest BCUT2D eigenvalue weighted by Crippen LogP contribution is 2.41. The highest BCUT2D eigenvalue weighted by molar-refractivity contribution is 8.00. The van der Waals surface area contributed by atoms with Crippen molar-refractivity contribution >= 4 is 47.2 Å². The molecule has 3 aliphatic heterocycles. The third kappa shape index (κ3) is 6.26. The third-order valence-electron chi connectivity index (χ3n) is 8.84. The smallest absolute Gasteiger partial charge is 0.411 e. The van der Waals surface area contributed by atoms with Gasteiger partial charge in [0.2, 0.25) is 17.7 Å². The lowest BCUT2D eigenvalue weighted by Crippen LogP contribution is -2.68. The number of benzene rings is 3. The van der Waals surface area contributed by atoms with E-state index in [1.165, 1.54) is 16.7 Å². The van der Waals surface area contributed by atoms with E-state index in [-0.39, 0.29) is 30.5 Å². The number of esters is 1. The average molecular weight is 655 g/mol. The predicted octanol–water partition coefficient (Wildman–Crippen LogP) is 4.15. The Morgan fingerprint density at radius 3 is 2.23 bits per heavy atom. The molecule has 3 atom stereocenters. The summed E-state index contributed by atoms with van der Waals surface area (Å²) in [6.07, 6.45) is -0.333. The molecular weight excluding hydrogens is 620 g/mol. The van der Waals surface area contributed by atoms with E-state index in [2.05, 4.69) is 10.6 Å². The van der Waals surface area contributed by atoms with E-state index in [4.69, 9.17) is 15.2 Å². The summed E-state index contributed by atoms with van der Waals surface area (Å²) in [5.41, 5.74) is 8.36. The van der Waals surface area contributed by atoms with Gasteiger partial charge >= 0.3 is 12.1 Å². The van der Waals surface area contributed by atoms with Gasteiger partial charge in [0.15, 0.2) is 6.10 Å². The summed E-state index contributed by atoms with van der Waals surface area (Å²) in [5.74, 6) is -1.44. The fourth-order valence-corrected chi connectivity index (χ4v) is 7.45. The lowest BCUT2D eigenvalue weighted by atomic mass is 9.72. The van der Waals surface area contributed by atoms with Gasteiger partial charge in [0.1, 0.15) is 23.7 Å². The molecule has 47 heavy (non-hydrogen) atoms. The van der Waals surface area contributed by atoms with Gasteiger partial charge < -0.3 is 15.2 Å². The molecular formula is C35H34N4O7S. The quantitative estimate of drug-likeness (QED) is 0.175. The minimum atomic E-state index is -0.822. The van der Waals surface area contributed by atoms with Crippen molar-refractivity contribution in [2.75, 3.05) is 17.7 Å². The van der Waals surface area contributed by atoms with Crippen LogP contribution in [0.15, 0.2) is 96.2 Å². The zero-order valence-electron chi connectivity index (χ0n) is 25.6. The number of carbonyl (C=O) groups excluding carboxylic acids is 5. The third-order valence-corrected chi connectivity index (χ3v) is 10.2. The van der Waals surface area contributed by atoms with Gasteiger partial charge in [-0.1, -0.05) is 79.7 Å². The van der Waals surface area contributed by atoms with E-state index in [0.29, 0.717) is 29.9 Å². The molecule has 2 fully saturated rings. The first kappa shape index (κ1) is 32.0. The second-order valence-electron chi connectivity index (χ2n) is 11.6. The van der Waals surface area contributed by atoms with Gasteiger partial charge in [-0.2, -0.15) is 0 Å². The number of anilines is 1. The Morgan fingerprint density at radius 2 is 1.64 bits per heavy atom. The number of ether oxygens (including phenoxy) is 2. The molecule has 0 bridgehead atoms. The van der Waals surface area contributed by atoms with E-state index in [9.17, 15) is 24.0 Å². The Bertz CT molecular complexity index is 1690. The van der Waals surface area contributed by atoms with Crippen LogP contribution < -0.4 is 16.4 Å². The number of nitrogens with two attached hydrogens (primary N) is 1. The maximum atomic E-state index is 13.9. The van der Waals surface area contributed by atoms with Gasteiger partial charge in [0, 0.05) is 23.4 Å². The number of β-lactam (4-membered cyclic amide) rings is 1. The minimum Gasteiger partial charge on any atom is -0.448 e. The number of thioether (sulfide) groups is 1. The fraction of sp³-hybridized carbons (Fsp3) is 0.286. The van der Waals surface area contributed by atoms with Crippen molar-refractivity contribution in [1.82, 2.24) is 10.2 Å². The van der Waals surface area contributed by atoms with Crippen molar-refractivity contribution in [2.45, 2.75) is 49.1 Å². The molecule has 0 aliphatic carbocycles. The lowest BCUT2D eigenvalue weighted by Gasteiger charge is -2.48. The Hall–Kier alpha value is -4.94. The normalized spacial score (nSPS) is 22.3. The molecule has 242 valence electrons. The van der Waals surface area contributed by atoms with Crippen LogP contribution in [0.1, 0.15) is 49.0 Å². The van der Waals surface area contributed by atoms with Crippen molar-refractivity contribution in [1.29, 1.82) is 0 Å². The van der Waals surface area contributed by atoms with Crippen molar-refractivity contribution < 1.29 is 33.4 Å². The molecule has 12 heteroatoms. The maximum Gasteiger partial charge on any atom is 0.411 e. The predicted molar refractivity (Wildman–Crippen MR) is 175 cm³/mol. The van der Waals surface area contributed by atoms with Gasteiger partial charge in [-0.15, -0.1) is 11.8 Å². The summed E-state index contributed by atoms with van der Waals surface area (Å²) in [5, 5.41) is 4.67. The first-order valence-corrected chi connectivity index (χ1v) is 16.4. The monoisotopic (exact) mass is 654 g/mol. The fourth-order valence-electron chi connectivity index (χ4n) is 6.17. The number of piperidine rings is 1. The van der Waals surface area contributed by atoms with Crippen LogP contribution in [0.3, 0.4) is 0 Å². The van der Waals surface area contributed by atoms with Crippen LogP contribution in [0.5, 0.6) is 0 Å². The van der Waals surface area contributed by atoms with Crippen LogP contribution in [0.4, 0.5) is 10.5 Å². The molecule has 0 unspecified atom stereocenters. The molecule has 0 radical (unpaired) electrons. The lowest BCUT2D eigenvalue weighted by molar-refractivity contribution is -0.153. The average Bonchev–Trinajstić information content (AvgIpc) is 3.10. The molecule has 3 aliphatic rings. The Balaban J connectivity index is 1.18. The number of nitrogens with zero attached hydrogens (tertiary/aromatic N) is 1. The molecule has 0 spiro atoms. The van der Waals surface area contributed by atoms with Crippen LogP contribution in [-0.2, 0) is 34.1 Å². The summed E-state index contributed by atoms with van der Waals surface area (Å²) in [4.78, 5) is 65.4. The van der Waals surface area contributed by atoms with Gasteiger partial charge in [-0.3, -0.25) is 29.9 Å². The second-order valence-corrected chi connectivity index (χ2v) is 12.7. The molecule has 4 amide bonds. The molecule has 0 aromatic heterocycles. The van der Waals surface area contributed by atoms with Crippen LogP contribution in [0.2, 0.25) is 0 Å². The number of hydrogen-bond acceptors (Lipinski definition) is 9. The van der Waals surface area contributed by atoms with Gasteiger partial charge in [0.25, 0.3) is 0 Å². The summed E-state index contributed by atoms with van der Waals surface area (Å²) >= 11 is 1.39. The van der Waals surface area contributed by atoms with E-state index >= 15 is 0 Å². The molecule has 0 saturated carbocycles. The number of hydrogen-bond donors (Lipinski definition) is 3. The van der Waals surface area contributed by atoms with Crippen molar-refractivity contribution in [3.63, 3.8) is 0 Å². The number of imide groups is 1. The molecule has 3 heterocycles.